The summed E-state index contributed by atoms with van der Waals surface area (Å²) < 4.78 is 28.9. The van der Waals surface area contributed by atoms with Crippen molar-refractivity contribution in [1.29, 1.82) is 0 Å². The minimum Gasteiger partial charge on any atom is -0.325 e. The van der Waals surface area contributed by atoms with Crippen LogP contribution in [0.2, 0.25) is 0 Å². The molecule has 0 spiro atoms. The lowest BCUT2D eigenvalue weighted by Crippen LogP contribution is -2.14. The molecule has 5 nitrogen and oxygen atoms in total. The molecule has 1 N–H and O–H groups in total. The summed E-state index contributed by atoms with van der Waals surface area (Å²) in [6.45, 7) is 1.65. The summed E-state index contributed by atoms with van der Waals surface area (Å²) >= 11 is 1.11. The molecule has 0 aliphatic rings. The summed E-state index contributed by atoms with van der Waals surface area (Å²) in [6.07, 6.45) is 1.38. The molecule has 0 radical (unpaired) electrons. The number of thioether (sulfide) groups is 1. The van der Waals surface area contributed by atoms with Crippen LogP contribution in [0.1, 0.15) is 5.56 Å². The Hall–Kier alpha value is -2.74. The van der Waals surface area contributed by atoms with E-state index < -0.39 is 5.82 Å². The highest BCUT2D eigenvalue weighted by Crippen LogP contribution is 2.22. The highest BCUT2D eigenvalue weighted by molar-refractivity contribution is 7.99. The minimum atomic E-state index is -0.413. The van der Waals surface area contributed by atoms with Crippen LogP contribution in [-0.4, -0.2) is 26.4 Å². The average Bonchev–Trinajstić information content (AvgIpc) is 3.05. The summed E-state index contributed by atoms with van der Waals surface area (Å²) in [6, 6.07) is 10.7. The van der Waals surface area contributed by atoms with E-state index in [0.29, 0.717) is 22.1 Å². The summed E-state index contributed by atoms with van der Waals surface area (Å²) in [5.41, 5.74) is 1.19. The van der Waals surface area contributed by atoms with E-state index in [1.165, 1.54) is 23.0 Å². The second-order valence-corrected chi connectivity index (χ2v) is 6.18. The van der Waals surface area contributed by atoms with Crippen LogP contribution in [0.25, 0.3) is 5.69 Å². The zero-order valence-electron chi connectivity index (χ0n) is 13.2. The number of anilines is 1. The molecular weight excluding hydrogens is 346 g/mol. The van der Waals surface area contributed by atoms with E-state index in [1.54, 1.807) is 37.3 Å². The van der Waals surface area contributed by atoms with Crippen molar-refractivity contribution in [2.45, 2.75) is 12.1 Å². The van der Waals surface area contributed by atoms with Crippen molar-refractivity contribution in [3.05, 3.63) is 66.0 Å². The van der Waals surface area contributed by atoms with Gasteiger partial charge in [-0.15, -0.1) is 10.2 Å². The molecule has 0 unspecified atom stereocenters. The number of benzene rings is 2. The van der Waals surface area contributed by atoms with Crippen LogP contribution in [0.3, 0.4) is 0 Å². The zero-order chi connectivity index (χ0) is 17.8. The van der Waals surface area contributed by atoms with E-state index in [-0.39, 0.29) is 17.5 Å². The fourth-order valence-corrected chi connectivity index (χ4v) is 2.85. The van der Waals surface area contributed by atoms with Crippen LogP contribution in [-0.2, 0) is 4.79 Å². The van der Waals surface area contributed by atoms with Gasteiger partial charge in [0.05, 0.1) is 11.4 Å². The maximum Gasteiger partial charge on any atom is 0.234 e. The summed E-state index contributed by atoms with van der Waals surface area (Å²) in [7, 11) is 0. The van der Waals surface area contributed by atoms with Gasteiger partial charge in [0.1, 0.15) is 18.0 Å². The number of nitrogens with one attached hydrogen (secondary N) is 1. The van der Waals surface area contributed by atoms with Crippen LogP contribution in [0.4, 0.5) is 14.5 Å². The quantitative estimate of drug-likeness (QED) is 0.707. The summed E-state index contributed by atoms with van der Waals surface area (Å²) in [5, 5.41) is 10.7. The van der Waals surface area contributed by atoms with Gasteiger partial charge in [-0.25, -0.2) is 8.78 Å². The highest BCUT2D eigenvalue weighted by atomic mass is 32.2. The van der Waals surface area contributed by atoms with Crippen LogP contribution in [0, 0.1) is 18.6 Å². The third kappa shape index (κ3) is 4.03. The van der Waals surface area contributed by atoms with Crippen molar-refractivity contribution in [3.8, 4) is 5.69 Å². The van der Waals surface area contributed by atoms with E-state index in [2.05, 4.69) is 15.5 Å². The Kier molecular flexibility index (Phi) is 5.08. The van der Waals surface area contributed by atoms with Gasteiger partial charge in [0.2, 0.25) is 5.91 Å². The number of carbonyl (C=O) groups excluding carboxylic acids is 1. The van der Waals surface area contributed by atoms with Gasteiger partial charge in [-0.3, -0.25) is 9.36 Å². The Balaban J connectivity index is 1.66. The van der Waals surface area contributed by atoms with Crippen molar-refractivity contribution in [3.63, 3.8) is 0 Å². The molecule has 128 valence electrons. The maximum atomic E-state index is 13.9. The monoisotopic (exact) mass is 360 g/mol. The predicted octanol–water partition coefficient (Wildman–Crippen LogP) is 3.58. The van der Waals surface area contributed by atoms with Crippen molar-refractivity contribution in [2.75, 3.05) is 11.1 Å². The second-order valence-electron chi connectivity index (χ2n) is 5.24. The van der Waals surface area contributed by atoms with Crippen molar-refractivity contribution >= 4 is 23.4 Å². The third-order valence-electron chi connectivity index (χ3n) is 3.42. The number of carbonyl (C=O) groups is 1. The van der Waals surface area contributed by atoms with Crippen LogP contribution < -0.4 is 5.32 Å². The molecule has 2 aromatic carbocycles. The molecule has 8 heteroatoms. The third-order valence-corrected chi connectivity index (χ3v) is 4.36. The average molecular weight is 360 g/mol. The molecule has 1 amide bonds. The zero-order valence-corrected chi connectivity index (χ0v) is 14.1. The molecule has 25 heavy (non-hydrogen) atoms. The molecule has 0 fully saturated rings. The molecule has 0 saturated carbocycles. The van der Waals surface area contributed by atoms with Gasteiger partial charge in [-0.05, 0) is 36.8 Å². The number of nitrogens with zero attached hydrogens (tertiary/aromatic N) is 3. The molecule has 3 rings (SSSR count). The lowest BCUT2D eigenvalue weighted by molar-refractivity contribution is -0.113. The van der Waals surface area contributed by atoms with Gasteiger partial charge in [0.15, 0.2) is 5.16 Å². The Bertz CT molecular complexity index is 913. The number of rotatable bonds is 5. The molecule has 1 heterocycles. The van der Waals surface area contributed by atoms with Gasteiger partial charge in [-0.2, -0.15) is 0 Å². The molecule has 0 saturated heterocycles. The van der Waals surface area contributed by atoms with Crippen LogP contribution >= 0.6 is 11.8 Å². The molecule has 0 aliphatic heterocycles. The fourth-order valence-electron chi connectivity index (χ4n) is 2.13. The van der Waals surface area contributed by atoms with E-state index in [4.69, 9.17) is 0 Å². The second kappa shape index (κ2) is 7.43. The number of para-hydroxylation sites is 1. The number of aryl methyl sites for hydroxylation is 1. The van der Waals surface area contributed by atoms with E-state index in [9.17, 15) is 13.6 Å². The van der Waals surface area contributed by atoms with Gasteiger partial charge in [-0.1, -0.05) is 30.0 Å². The normalized spacial score (nSPS) is 10.7. The molecule has 0 atom stereocenters. The van der Waals surface area contributed by atoms with E-state index in [1.807, 2.05) is 0 Å². The SMILES string of the molecule is Cc1ccc(NC(=O)CSc2nncn2-c2ccccc2F)cc1F. The number of hydrogen-bond donors (Lipinski definition) is 1. The van der Waals surface area contributed by atoms with Crippen molar-refractivity contribution < 1.29 is 13.6 Å². The Morgan fingerprint density at radius 2 is 2.00 bits per heavy atom. The minimum absolute atomic E-state index is 0.0304. The van der Waals surface area contributed by atoms with E-state index in [0.717, 1.165) is 11.8 Å². The number of halogens is 2. The van der Waals surface area contributed by atoms with Crippen molar-refractivity contribution in [2.24, 2.45) is 0 Å². The van der Waals surface area contributed by atoms with Crippen LogP contribution in [0.15, 0.2) is 53.9 Å². The van der Waals surface area contributed by atoms with Gasteiger partial charge in [0.25, 0.3) is 0 Å². The molecule has 0 bridgehead atoms. The van der Waals surface area contributed by atoms with Gasteiger partial charge >= 0.3 is 0 Å². The van der Waals surface area contributed by atoms with Crippen molar-refractivity contribution in [1.82, 2.24) is 14.8 Å². The lowest BCUT2D eigenvalue weighted by Gasteiger charge is -2.08. The molecular formula is C17H14F2N4OS. The largest absolute Gasteiger partial charge is 0.325 e. The Morgan fingerprint density at radius 1 is 1.20 bits per heavy atom. The number of amides is 1. The first-order valence-corrected chi connectivity index (χ1v) is 8.37. The Morgan fingerprint density at radius 3 is 2.76 bits per heavy atom. The standard InChI is InChI=1S/C17H14F2N4OS/c1-11-6-7-12(8-14(11)19)21-16(24)9-25-17-22-20-10-23(17)15-5-3-2-4-13(15)18/h2-8,10H,9H2,1H3,(H,21,24). The first-order chi connectivity index (χ1) is 12.0. The van der Waals surface area contributed by atoms with Gasteiger partial charge < -0.3 is 5.32 Å². The first kappa shape index (κ1) is 17.1. The number of aromatic nitrogens is 3. The lowest BCUT2D eigenvalue weighted by atomic mass is 10.2. The summed E-state index contributed by atoms with van der Waals surface area (Å²) in [4.78, 5) is 12.0. The molecule has 3 aromatic rings. The topological polar surface area (TPSA) is 59.8 Å². The fraction of sp³-hybridized carbons (Fsp3) is 0.118. The Labute approximate surface area is 147 Å². The predicted molar refractivity (Wildman–Crippen MR) is 91.8 cm³/mol. The van der Waals surface area contributed by atoms with Gasteiger partial charge in [0, 0.05) is 5.69 Å². The summed E-state index contributed by atoms with van der Waals surface area (Å²) in [5.74, 6) is -1.09. The smallest absolute Gasteiger partial charge is 0.234 e. The first-order valence-electron chi connectivity index (χ1n) is 7.38. The van der Waals surface area contributed by atoms with E-state index >= 15 is 0 Å². The number of hydrogen-bond acceptors (Lipinski definition) is 4. The van der Waals surface area contributed by atoms with Crippen LogP contribution in [0.5, 0.6) is 0 Å². The highest BCUT2D eigenvalue weighted by Gasteiger charge is 2.13. The maximum absolute atomic E-state index is 13.9. The molecule has 1 aromatic heterocycles. The molecule has 0 aliphatic carbocycles.